The molecule has 0 aliphatic heterocycles. The lowest BCUT2D eigenvalue weighted by atomic mass is 10.1. The van der Waals surface area contributed by atoms with Crippen LogP contribution < -0.4 is 15.5 Å². The fraction of sp³-hybridized carbons (Fsp3) is 0.143. The summed E-state index contributed by atoms with van der Waals surface area (Å²) in [6.45, 7) is 3.28. The second-order valence-electron chi connectivity index (χ2n) is 5.97. The lowest BCUT2D eigenvalue weighted by molar-refractivity contribution is 0.303. The van der Waals surface area contributed by atoms with Crippen molar-refractivity contribution < 1.29 is 4.74 Å². The SMILES string of the molecule is CCNC(=S)N/N=C\c1cc(I)c(OCc2cccc3ccccc23)c(I)c1. The van der Waals surface area contributed by atoms with Crippen LogP contribution in [0, 0.1) is 7.14 Å². The summed E-state index contributed by atoms with van der Waals surface area (Å²) in [5.41, 5.74) is 4.96. The van der Waals surface area contributed by atoms with E-state index in [-0.39, 0.29) is 0 Å². The number of rotatable bonds is 6. The van der Waals surface area contributed by atoms with Gasteiger partial charge in [-0.15, -0.1) is 0 Å². The summed E-state index contributed by atoms with van der Waals surface area (Å²) >= 11 is 9.70. The monoisotopic (exact) mass is 615 g/mol. The summed E-state index contributed by atoms with van der Waals surface area (Å²) in [7, 11) is 0. The number of halogens is 2. The fourth-order valence-electron chi connectivity index (χ4n) is 2.73. The number of benzene rings is 3. The van der Waals surface area contributed by atoms with Gasteiger partial charge in [-0.3, -0.25) is 5.43 Å². The Morgan fingerprint density at radius 2 is 1.82 bits per heavy atom. The zero-order valence-electron chi connectivity index (χ0n) is 15.2. The molecule has 0 atom stereocenters. The number of ether oxygens (including phenoxy) is 1. The summed E-state index contributed by atoms with van der Waals surface area (Å²) in [5.74, 6) is 0.891. The summed E-state index contributed by atoms with van der Waals surface area (Å²) in [5, 5.41) is 10.1. The van der Waals surface area contributed by atoms with E-state index in [0.29, 0.717) is 11.7 Å². The Labute approximate surface area is 197 Å². The van der Waals surface area contributed by atoms with Gasteiger partial charge in [-0.1, -0.05) is 42.5 Å². The van der Waals surface area contributed by atoms with Crippen LogP contribution in [0.3, 0.4) is 0 Å². The first-order chi connectivity index (χ1) is 13.6. The van der Waals surface area contributed by atoms with Crippen molar-refractivity contribution in [2.45, 2.75) is 13.5 Å². The first-order valence-corrected chi connectivity index (χ1v) is 11.3. The molecule has 0 fully saturated rings. The molecule has 0 aromatic heterocycles. The summed E-state index contributed by atoms with van der Waals surface area (Å²) in [6, 6.07) is 18.8. The van der Waals surface area contributed by atoms with Gasteiger partial charge in [-0.05, 0) is 98.4 Å². The van der Waals surface area contributed by atoms with E-state index in [0.717, 1.165) is 25.0 Å². The zero-order chi connectivity index (χ0) is 19.9. The molecule has 0 aliphatic rings. The molecule has 0 radical (unpaired) electrons. The normalized spacial score (nSPS) is 11.0. The second-order valence-corrected chi connectivity index (χ2v) is 8.70. The van der Waals surface area contributed by atoms with E-state index in [9.17, 15) is 0 Å². The Morgan fingerprint density at radius 3 is 2.57 bits per heavy atom. The van der Waals surface area contributed by atoms with Crippen LogP contribution in [0.2, 0.25) is 0 Å². The highest BCUT2D eigenvalue weighted by molar-refractivity contribution is 14.1. The van der Waals surface area contributed by atoms with Crippen molar-refractivity contribution in [3.8, 4) is 5.75 Å². The molecule has 2 N–H and O–H groups in total. The first-order valence-electron chi connectivity index (χ1n) is 8.74. The Hall–Kier alpha value is -1.46. The summed E-state index contributed by atoms with van der Waals surface area (Å²) < 4.78 is 8.27. The zero-order valence-corrected chi connectivity index (χ0v) is 20.3. The molecular weight excluding hydrogens is 596 g/mol. The van der Waals surface area contributed by atoms with Crippen molar-refractivity contribution in [2.24, 2.45) is 5.10 Å². The number of nitrogens with zero attached hydrogens (tertiary/aromatic N) is 1. The van der Waals surface area contributed by atoms with Gasteiger partial charge < -0.3 is 10.1 Å². The van der Waals surface area contributed by atoms with Crippen molar-refractivity contribution in [3.05, 3.63) is 72.9 Å². The third-order valence-corrected chi connectivity index (χ3v) is 5.83. The fourth-order valence-corrected chi connectivity index (χ4v) is 5.05. The summed E-state index contributed by atoms with van der Waals surface area (Å²) in [6.07, 6.45) is 1.75. The van der Waals surface area contributed by atoms with Gasteiger partial charge in [0.2, 0.25) is 0 Å². The van der Waals surface area contributed by atoms with E-state index in [2.05, 4.69) is 103 Å². The minimum absolute atomic E-state index is 0.512. The van der Waals surface area contributed by atoms with Crippen LogP contribution in [0.5, 0.6) is 5.75 Å². The number of thiocarbonyl (C=S) groups is 1. The lowest BCUT2D eigenvalue weighted by Crippen LogP contribution is -2.31. The van der Waals surface area contributed by atoms with Crippen molar-refractivity contribution in [1.82, 2.24) is 10.7 Å². The minimum Gasteiger partial charge on any atom is -0.487 e. The largest absolute Gasteiger partial charge is 0.487 e. The molecule has 3 aromatic carbocycles. The molecule has 3 rings (SSSR count). The molecule has 0 amide bonds. The Morgan fingerprint density at radius 1 is 1.11 bits per heavy atom. The van der Waals surface area contributed by atoms with E-state index in [4.69, 9.17) is 17.0 Å². The van der Waals surface area contributed by atoms with Gasteiger partial charge in [-0.25, -0.2) is 0 Å². The molecule has 0 aliphatic carbocycles. The van der Waals surface area contributed by atoms with Gasteiger partial charge in [0.05, 0.1) is 13.4 Å². The molecule has 0 saturated heterocycles. The van der Waals surface area contributed by atoms with E-state index in [1.807, 2.05) is 19.1 Å². The molecule has 0 bridgehead atoms. The highest BCUT2D eigenvalue weighted by Crippen LogP contribution is 2.30. The van der Waals surface area contributed by atoms with Crippen molar-refractivity contribution >= 4 is 79.5 Å². The molecule has 3 aromatic rings. The third-order valence-electron chi connectivity index (χ3n) is 3.99. The Kier molecular flexibility index (Phi) is 7.86. The molecule has 0 heterocycles. The highest BCUT2D eigenvalue weighted by Gasteiger charge is 2.10. The van der Waals surface area contributed by atoms with Gasteiger partial charge in [0.25, 0.3) is 0 Å². The van der Waals surface area contributed by atoms with Crippen LogP contribution in [0.4, 0.5) is 0 Å². The lowest BCUT2D eigenvalue weighted by Gasteiger charge is -2.13. The quantitative estimate of drug-likeness (QED) is 0.168. The topological polar surface area (TPSA) is 45.7 Å². The van der Waals surface area contributed by atoms with Crippen molar-refractivity contribution in [1.29, 1.82) is 0 Å². The maximum atomic E-state index is 6.19. The van der Waals surface area contributed by atoms with Crippen molar-refractivity contribution in [2.75, 3.05) is 6.54 Å². The van der Waals surface area contributed by atoms with E-state index in [1.54, 1.807) is 6.21 Å². The van der Waals surface area contributed by atoms with Crippen LogP contribution in [0.25, 0.3) is 10.8 Å². The van der Waals surface area contributed by atoms with Crippen LogP contribution in [0.15, 0.2) is 59.7 Å². The molecule has 144 valence electrons. The van der Waals surface area contributed by atoms with Gasteiger partial charge in [0.15, 0.2) is 5.11 Å². The Bertz CT molecular complexity index is 995. The standard InChI is InChI=1S/C21H19I2N3OS/c1-2-24-21(28)26-25-12-14-10-18(22)20(19(23)11-14)27-13-16-8-5-7-15-6-3-4-9-17(15)16/h3-12H,2,13H2,1H3,(H2,24,26,28)/b25-12-. The average Bonchev–Trinajstić information content (AvgIpc) is 2.67. The van der Waals surface area contributed by atoms with Crippen LogP contribution in [-0.2, 0) is 6.61 Å². The minimum atomic E-state index is 0.512. The number of nitrogens with one attached hydrogen (secondary N) is 2. The van der Waals surface area contributed by atoms with E-state index >= 15 is 0 Å². The second kappa shape index (κ2) is 10.4. The van der Waals surface area contributed by atoms with Crippen LogP contribution >= 0.6 is 57.4 Å². The summed E-state index contributed by atoms with van der Waals surface area (Å²) in [4.78, 5) is 0. The van der Waals surface area contributed by atoms with Crippen LogP contribution in [0.1, 0.15) is 18.1 Å². The van der Waals surface area contributed by atoms with Gasteiger partial charge in [0.1, 0.15) is 12.4 Å². The molecule has 0 unspecified atom stereocenters. The Balaban J connectivity index is 1.72. The smallest absolute Gasteiger partial charge is 0.186 e. The van der Waals surface area contributed by atoms with Gasteiger partial charge >= 0.3 is 0 Å². The van der Waals surface area contributed by atoms with E-state index < -0.39 is 0 Å². The molecular formula is C21H19I2N3OS. The number of hydrogen-bond acceptors (Lipinski definition) is 3. The molecule has 28 heavy (non-hydrogen) atoms. The predicted molar refractivity (Wildman–Crippen MR) is 137 cm³/mol. The van der Waals surface area contributed by atoms with E-state index in [1.165, 1.54) is 16.3 Å². The molecule has 0 saturated carbocycles. The maximum absolute atomic E-state index is 6.19. The van der Waals surface area contributed by atoms with Gasteiger partial charge in [-0.2, -0.15) is 5.10 Å². The number of hydrogen-bond donors (Lipinski definition) is 2. The first kappa shape index (κ1) is 21.3. The predicted octanol–water partition coefficient (Wildman–Crippen LogP) is 5.45. The van der Waals surface area contributed by atoms with Gasteiger partial charge in [0, 0.05) is 6.54 Å². The van der Waals surface area contributed by atoms with Crippen molar-refractivity contribution in [3.63, 3.8) is 0 Å². The maximum Gasteiger partial charge on any atom is 0.186 e. The number of fused-ring (bicyclic) bond motifs is 1. The average molecular weight is 615 g/mol. The highest BCUT2D eigenvalue weighted by atomic mass is 127. The molecule has 4 nitrogen and oxygen atoms in total. The van der Waals surface area contributed by atoms with Crippen LogP contribution in [-0.4, -0.2) is 17.9 Å². The number of hydrazone groups is 1. The molecule has 0 spiro atoms. The molecule has 7 heteroatoms. The third kappa shape index (κ3) is 5.54.